The maximum absolute atomic E-state index is 13.0. The van der Waals surface area contributed by atoms with Gasteiger partial charge in [-0.3, -0.25) is 4.79 Å². The second-order valence-corrected chi connectivity index (χ2v) is 10.5. The Kier molecular flexibility index (Phi) is 5.80. The van der Waals surface area contributed by atoms with Gasteiger partial charge in [-0.05, 0) is 37.6 Å². The third-order valence-electron chi connectivity index (χ3n) is 4.08. The molecule has 0 aromatic heterocycles. The zero-order chi connectivity index (χ0) is 18.7. The summed E-state index contributed by atoms with van der Waals surface area (Å²) in [5, 5.41) is 0. The maximum atomic E-state index is 13.0. The van der Waals surface area contributed by atoms with E-state index in [-0.39, 0.29) is 22.0 Å². The molecule has 7 heteroatoms. The molecule has 0 aliphatic heterocycles. The van der Waals surface area contributed by atoms with E-state index in [1.165, 1.54) is 62.4 Å². The largest absolute Gasteiger partial charge is 0.300 e. The van der Waals surface area contributed by atoms with Gasteiger partial charge in [0.1, 0.15) is 5.78 Å². The molecule has 0 aliphatic rings. The summed E-state index contributed by atoms with van der Waals surface area (Å²) in [6.07, 6.45) is -0.288. The molecule has 134 valence electrons. The molecule has 2 aromatic carbocycles. The monoisotopic (exact) mass is 380 g/mol. The Morgan fingerprint density at radius 2 is 1.16 bits per heavy atom. The Hall–Kier alpha value is -1.99. The first-order valence-corrected chi connectivity index (χ1v) is 10.8. The highest BCUT2D eigenvalue weighted by molar-refractivity contribution is 8.09. The van der Waals surface area contributed by atoms with Crippen LogP contribution in [0, 0.1) is 5.92 Å². The minimum absolute atomic E-state index is 0.0738. The average Bonchev–Trinajstić information content (AvgIpc) is 2.60. The second-order valence-electron chi connectivity index (χ2n) is 5.89. The normalized spacial score (nSPS) is 13.6. The van der Waals surface area contributed by atoms with Crippen LogP contribution in [0.15, 0.2) is 70.5 Å². The minimum atomic E-state index is -4.18. The van der Waals surface area contributed by atoms with Gasteiger partial charge in [-0.1, -0.05) is 43.3 Å². The van der Waals surface area contributed by atoms with Crippen LogP contribution in [0.25, 0.3) is 0 Å². The van der Waals surface area contributed by atoms with E-state index in [4.69, 9.17) is 0 Å². The Labute approximate surface area is 148 Å². The van der Waals surface area contributed by atoms with Crippen molar-refractivity contribution in [3.8, 4) is 0 Å². The third-order valence-corrected chi connectivity index (χ3v) is 9.22. The smallest absolute Gasteiger partial charge is 0.195 e. The molecule has 25 heavy (non-hydrogen) atoms. The van der Waals surface area contributed by atoms with Crippen LogP contribution in [-0.2, 0) is 24.5 Å². The fourth-order valence-corrected chi connectivity index (χ4v) is 7.16. The fourth-order valence-electron chi connectivity index (χ4n) is 2.40. The van der Waals surface area contributed by atoms with Crippen LogP contribution in [0.1, 0.15) is 20.3 Å². The van der Waals surface area contributed by atoms with Crippen molar-refractivity contribution >= 4 is 25.5 Å². The highest BCUT2D eigenvalue weighted by atomic mass is 32.3. The lowest BCUT2D eigenvalue weighted by Crippen LogP contribution is -2.33. The van der Waals surface area contributed by atoms with Gasteiger partial charge in [-0.15, -0.1) is 0 Å². The zero-order valence-corrected chi connectivity index (χ0v) is 15.6. The second kappa shape index (κ2) is 7.49. The molecule has 0 amide bonds. The molecule has 0 aliphatic carbocycles. The van der Waals surface area contributed by atoms with Gasteiger partial charge in [0, 0.05) is 5.92 Å². The van der Waals surface area contributed by atoms with Gasteiger partial charge >= 0.3 is 0 Å². The molecule has 1 unspecified atom stereocenters. The zero-order valence-electron chi connectivity index (χ0n) is 14.0. The number of sulfone groups is 2. The number of benzene rings is 2. The Morgan fingerprint density at radius 3 is 1.48 bits per heavy atom. The summed E-state index contributed by atoms with van der Waals surface area (Å²) in [6, 6.07) is 14.9. The summed E-state index contributed by atoms with van der Waals surface area (Å²) < 4.78 is 50.4. The van der Waals surface area contributed by atoms with Gasteiger partial charge in [-0.2, -0.15) is 0 Å². The van der Waals surface area contributed by atoms with Crippen LogP contribution in [0.5, 0.6) is 0 Å². The summed E-state index contributed by atoms with van der Waals surface area (Å²) in [5.74, 6) is -0.946. The maximum Gasteiger partial charge on any atom is 0.195 e. The highest BCUT2D eigenvalue weighted by Gasteiger charge is 2.41. The van der Waals surface area contributed by atoms with Crippen LogP contribution in [0.3, 0.4) is 0 Å². The standard InChI is InChI=1S/C18H20O5S2/c1-14(15(2)19)13-18(24(20,21)16-9-5-3-6-10-16)25(22,23)17-11-7-4-8-12-17/h3-12,14,18H,13H2,1-2H3. The molecule has 0 heterocycles. The first-order chi connectivity index (χ1) is 11.7. The first kappa shape index (κ1) is 19.3. The number of carbonyl (C=O) groups excluding carboxylic acids is 1. The van der Waals surface area contributed by atoms with Crippen molar-refractivity contribution in [1.82, 2.24) is 0 Å². The van der Waals surface area contributed by atoms with Gasteiger partial charge < -0.3 is 0 Å². The fraction of sp³-hybridized carbons (Fsp3) is 0.278. The van der Waals surface area contributed by atoms with Crippen LogP contribution in [0.2, 0.25) is 0 Å². The predicted octanol–water partition coefficient (Wildman–Crippen LogP) is 2.88. The van der Waals surface area contributed by atoms with E-state index in [0.717, 1.165) is 0 Å². The molecule has 0 N–H and O–H groups in total. The number of hydrogen-bond donors (Lipinski definition) is 0. The van der Waals surface area contributed by atoms with Crippen molar-refractivity contribution in [3.63, 3.8) is 0 Å². The highest BCUT2D eigenvalue weighted by Crippen LogP contribution is 2.30. The van der Waals surface area contributed by atoms with E-state index in [2.05, 4.69) is 0 Å². The molecular weight excluding hydrogens is 360 g/mol. The van der Waals surface area contributed by atoms with Gasteiger partial charge in [-0.25, -0.2) is 16.8 Å². The predicted molar refractivity (Wildman–Crippen MR) is 95.5 cm³/mol. The number of ketones is 1. The lowest BCUT2D eigenvalue weighted by Gasteiger charge is -2.21. The quantitative estimate of drug-likeness (QED) is 0.737. The van der Waals surface area contributed by atoms with Crippen LogP contribution in [0.4, 0.5) is 0 Å². The van der Waals surface area contributed by atoms with Gasteiger partial charge in [0.2, 0.25) is 0 Å². The lowest BCUT2D eigenvalue weighted by molar-refractivity contribution is -0.120. The van der Waals surface area contributed by atoms with E-state index in [1.807, 2.05) is 0 Å². The Morgan fingerprint density at radius 1 is 0.800 bits per heavy atom. The molecule has 2 rings (SSSR count). The molecule has 0 saturated heterocycles. The van der Waals surface area contributed by atoms with Crippen molar-refractivity contribution in [2.45, 2.75) is 34.6 Å². The lowest BCUT2D eigenvalue weighted by atomic mass is 10.1. The molecule has 5 nitrogen and oxygen atoms in total. The van der Waals surface area contributed by atoms with Gasteiger partial charge in [0.05, 0.1) is 9.79 Å². The molecule has 0 radical (unpaired) electrons. The van der Waals surface area contributed by atoms with Crippen LogP contribution < -0.4 is 0 Å². The van der Waals surface area contributed by atoms with Gasteiger partial charge in [0.15, 0.2) is 24.3 Å². The van der Waals surface area contributed by atoms with E-state index in [1.54, 1.807) is 12.1 Å². The number of Topliss-reactive ketones (excluding diaryl/α,β-unsaturated/α-hetero) is 1. The summed E-state index contributed by atoms with van der Waals surface area (Å²) in [4.78, 5) is 11.5. The van der Waals surface area contributed by atoms with Crippen molar-refractivity contribution in [1.29, 1.82) is 0 Å². The van der Waals surface area contributed by atoms with Gasteiger partial charge in [0.25, 0.3) is 0 Å². The van der Waals surface area contributed by atoms with Crippen molar-refractivity contribution in [3.05, 3.63) is 60.7 Å². The summed E-state index contributed by atoms with van der Waals surface area (Å²) in [7, 11) is -8.35. The average molecular weight is 380 g/mol. The summed E-state index contributed by atoms with van der Waals surface area (Å²) in [5.41, 5.74) is 0. The number of rotatable bonds is 7. The SMILES string of the molecule is CC(=O)C(C)CC(S(=O)(=O)c1ccccc1)S(=O)(=O)c1ccccc1. The first-order valence-electron chi connectivity index (χ1n) is 7.75. The molecule has 0 spiro atoms. The van der Waals surface area contributed by atoms with Crippen molar-refractivity contribution in [2.24, 2.45) is 5.92 Å². The summed E-state index contributed by atoms with van der Waals surface area (Å²) in [6.45, 7) is 2.86. The molecule has 0 fully saturated rings. The molecular formula is C18H20O5S2. The van der Waals surface area contributed by atoms with E-state index < -0.39 is 30.2 Å². The number of carbonyl (C=O) groups is 1. The minimum Gasteiger partial charge on any atom is -0.300 e. The molecule has 1 atom stereocenters. The van der Waals surface area contributed by atoms with E-state index in [9.17, 15) is 21.6 Å². The summed E-state index contributed by atoms with van der Waals surface area (Å²) >= 11 is 0. The molecule has 0 bridgehead atoms. The topological polar surface area (TPSA) is 85.3 Å². The van der Waals surface area contributed by atoms with E-state index >= 15 is 0 Å². The van der Waals surface area contributed by atoms with Crippen LogP contribution >= 0.6 is 0 Å². The van der Waals surface area contributed by atoms with E-state index in [0.29, 0.717) is 0 Å². The molecule has 0 saturated carbocycles. The van der Waals surface area contributed by atoms with Crippen molar-refractivity contribution < 1.29 is 21.6 Å². The molecule has 2 aromatic rings. The van der Waals surface area contributed by atoms with Crippen LogP contribution in [-0.4, -0.2) is 27.2 Å². The third kappa shape index (κ3) is 4.16. The Balaban J connectivity index is 2.60. The number of hydrogen-bond acceptors (Lipinski definition) is 5. The Bertz CT molecular complexity index is 864. The van der Waals surface area contributed by atoms with Crippen molar-refractivity contribution in [2.75, 3.05) is 0 Å².